The van der Waals surface area contributed by atoms with E-state index in [1.165, 1.54) is 33.4 Å². The Morgan fingerprint density at radius 1 is 0.900 bits per heavy atom. The molecule has 2 aromatic rings. The maximum Gasteiger partial charge on any atom is 0.0502 e. The molecular weight excluding hydrogens is 244 g/mol. The highest BCUT2D eigenvalue weighted by Crippen LogP contribution is 2.26. The van der Waals surface area contributed by atoms with Crippen LogP contribution in [-0.4, -0.2) is 11.7 Å². The summed E-state index contributed by atoms with van der Waals surface area (Å²) < 4.78 is 0. The van der Waals surface area contributed by atoms with Crippen LogP contribution >= 0.6 is 0 Å². The van der Waals surface area contributed by atoms with Gasteiger partial charge in [-0.15, -0.1) is 0 Å². The molecule has 1 nitrogen and oxygen atoms in total. The molecule has 0 bridgehead atoms. The normalized spacial score (nSPS) is 12.4. The van der Waals surface area contributed by atoms with Gasteiger partial charge in [-0.1, -0.05) is 47.5 Å². The van der Waals surface area contributed by atoms with Crippen molar-refractivity contribution in [2.45, 2.75) is 40.0 Å². The first-order chi connectivity index (χ1) is 9.51. The smallest absolute Gasteiger partial charge is 0.0502 e. The van der Waals surface area contributed by atoms with Gasteiger partial charge in [-0.05, 0) is 56.4 Å². The number of hydrogen-bond donors (Lipinski definition) is 1. The van der Waals surface area contributed by atoms with E-state index < -0.39 is 0 Å². The summed E-state index contributed by atoms with van der Waals surface area (Å²) in [6.45, 7) is 8.75. The third kappa shape index (κ3) is 3.29. The highest BCUT2D eigenvalue weighted by molar-refractivity contribution is 5.39. The van der Waals surface area contributed by atoms with Crippen molar-refractivity contribution in [3.8, 4) is 0 Å². The maximum absolute atomic E-state index is 9.77. The third-order valence-corrected chi connectivity index (χ3v) is 4.02. The summed E-state index contributed by atoms with van der Waals surface area (Å²) >= 11 is 0. The first-order valence-electron chi connectivity index (χ1n) is 7.25. The second-order valence-electron chi connectivity index (χ2n) is 5.88. The molecule has 1 atom stereocenters. The molecule has 0 spiro atoms. The number of aliphatic hydroxyl groups excluding tert-OH is 1. The van der Waals surface area contributed by atoms with E-state index in [-0.39, 0.29) is 12.5 Å². The Labute approximate surface area is 122 Å². The molecule has 20 heavy (non-hydrogen) atoms. The van der Waals surface area contributed by atoms with Crippen molar-refractivity contribution in [3.63, 3.8) is 0 Å². The van der Waals surface area contributed by atoms with E-state index in [9.17, 15) is 5.11 Å². The first-order valence-corrected chi connectivity index (χ1v) is 7.25. The highest BCUT2D eigenvalue weighted by Gasteiger charge is 2.14. The van der Waals surface area contributed by atoms with E-state index in [0.717, 1.165) is 6.42 Å². The molecule has 0 aliphatic heterocycles. The summed E-state index contributed by atoms with van der Waals surface area (Å²) in [6, 6.07) is 12.9. The summed E-state index contributed by atoms with van der Waals surface area (Å²) in [7, 11) is 0. The van der Waals surface area contributed by atoms with E-state index in [1.54, 1.807) is 0 Å². The van der Waals surface area contributed by atoms with Gasteiger partial charge in [-0.25, -0.2) is 0 Å². The molecule has 0 radical (unpaired) electrons. The zero-order valence-electron chi connectivity index (χ0n) is 12.9. The first kappa shape index (κ1) is 14.8. The van der Waals surface area contributed by atoms with Crippen LogP contribution in [0.2, 0.25) is 0 Å². The minimum atomic E-state index is 0.176. The fourth-order valence-corrected chi connectivity index (χ4v) is 2.99. The number of hydrogen-bond acceptors (Lipinski definition) is 1. The van der Waals surface area contributed by atoms with Gasteiger partial charge in [0.05, 0.1) is 6.61 Å². The van der Waals surface area contributed by atoms with E-state index in [0.29, 0.717) is 0 Å². The summed E-state index contributed by atoms with van der Waals surface area (Å²) in [6.07, 6.45) is 0.901. The predicted molar refractivity (Wildman–Crippen MR) is 85.4 cm³/mol. The van der Waals surface area contributed by atoms with Crippen LogP contribution in [0.5, 0.6) is 0 Å². The van der Waals surface area contributed by atoms with Crippen LogP contribution in [0.15, 0.2) is 36.4 Å². The quantitative estimate of drug-likeness (QED) is 0.879. The van der Waals surface area contributed by atoms with Crippen molar-refractivity contribution in [2.24, 2.45) is 0 Å². The van der Waals surface area contributed by atoms with Crippen molar-refractivity contribution < 1.29 is 5.11 Å². The van der Waals surface area contributed by atoms with Crippen LogP contribution in [-0.2, 0) is 6.42 Å². The molecule has 0 aliphatic carbocycles. The van der Waals surface area contributed by atoms with Crippen LogP contribution in [0.1, 0.15) is 39.3 Å². The lowest BCUT2D eigenvalue weighted by atomic mass is 9.87. The highest BCUT2D eigenvalue weighted by atomic mass is 16.3. The molecule has 0 aromatic heterocycles. The van der Waals surface area contributed by atoms with Crippen molar-refractivity contribution in [2.75, 3.05) is 6.61 Å². The monoisotopic (exact) mass is 268 g/mol. The van der Waals surface area contributed by atoms with Gasteiger partial charge in [0.2, 0.25) is 0 Å². The number of aliphatic hydroxyl groups is 1. The average Bonchev–Trinajstić information content (AvgIpc) is 2.38. The van der Waals surface area contributed by atoms with E-state index >= 15 is 0 Å². The Balaban J connectivity index is 2.32. The zero-order chi connectivity index (χ0) is 14.7. The Morgan fingerprint density at radius 2 is 1.55 bits per heavy atom. The fraction of sp³-hybridized carbons (Fsp3) is 0.368. The molecule has 106 valence electrons. The Bertz CT molecular complexity index is 575. The molecule has 0 aliphatic rings. The average molecular weight is 268 g/mol. The van der Waals surface area contributed by atoms with Gasteiger partial charge in [0.1, 0.15) is 0 Å². The topological polar surface area (TPSA) is 20.2 Å². The van der Waals surface area contributed by atoms with Crippen LogP contribution < -0.4 is 0 Å². The molecular formula is C19H24O. The zero-order valence-corrected chi connectivity index (χ0v) is 12.9. The summed E-state index contributed by atoms with van der Waals surface area (Å²) in [5.74, 6) is 0.176. The lowest BCUT2D eigenvalue weighted by Crippen LogP contribution is -2.10. The molecule has 2 rings (SSSR count). The molecule has 1 heteroatoms. The molecule has 2 aromatic carbocycles. The number of aryl methyl sites for hydroxylation is 4. The maximum atomic E-state index is 9.77. The molecule has 0 heterocycles. The molecule has 0 fully saturated rings. The minimum Gasteiger partial charge on any atom is -0.396 e. The van der Waals surface area contributed by atoms with Crippen LogP contribution in [0.4, 0.5) is 0 Å². The van der Waals surface area contributed by atoms with Crippen LogP contribution in [0.25, 0.3) is 0 Å². The van der Waals surface area contributed by atoms with Gasteiger partial charge in [-0.3, -0.25) is 0 Å². The standard InChI is InChI=1S/C19H24O/c1-13-6-5-7-17(10-13)18(12-20)11-19-15(3)8-14(2)9-16(19)4/h5-10,18,20H,11-12H2,1-4H3. The van der Waals surface area contributed by atoms with Gasteiger partial charge < -0.3 is 5.11 Å². The van der Waals surface area contributed by atoms with E-state index in [1.807, 2.05) is 0 Å². The number of benzene rings is 2. The van der Waals surface area contributed by atoms with E-state index in [4.69, 9.17) is 0 Å². The molecule has 0 saturated carbocycles. The number of rotatable bonds is 4. The van der Waals surface area contributed by atoms with Gasteiger partial charge in [0, 0.05) is 5.92 Å². The second-order valence-corrected chi connectivity index (χ2v) is 5.88. The third-order valence-electron chi connectivity index (χ3n) is 4.02. The predicted octanol–water partition coefficient (Wildman–Crippen LogP) is 4.24. The lowest BCUT2D eigenvalue weighted by molar-refractivity contribution is 0.264. The van der Waals surface area contributed by atoms with Crippen LogP contribution in [0.3, 0.4) is 0 Å². The van der Waals surface area contributed by atoms with Crippen LogP contribution in [0, 0.1) is 27.7 Å². The molecule has 1 unspecified atom stereocenters. The van der Waals surface area contributed by atoms with Crippen molar-refractivity contribution >= 4 is 0 Å². The fourth-order valence-electron chi connectivity index (χ4n) is 2.99. The largest absolute Gasteiger partial charge is 0.396 e. The van der Waals surface area contributed by atoms with Crippen molar-refractivity contribution in [3.05, 3.63) is 69.8 Å². The molecule has 0 amide bonds. The molecule has 0 saturated heterocycles. The van der Waals surface area contributed by atoms with Gasteiger partial charge >= 0.3 is 0 Å². The summed E-state index contributed by atoms with van der Waals surface area (Å²) in [5, 5.41) is 9.77. The van der Waals surface area contributed by atoms with Crippen molar-refractivity contribution in [1.29, 1.82) is 0 Å². The van der Waals surface area contributed by atoms with Gasteiger partial charge in [0.25, 0.3) is 0 Å². The second kappa shape index (κ2) is 6.23. The van der Waals surface area contributed by atoms with Gasteiger partial charge in [0.15, 0.2) is 0 Å². The Kier molecular flexibility index (Phi) is 4.61. The molecule has 1 N–H and O–H groups in total. The summed E-state index contributed by atoms with van der Waals surface area (Å²) in [5.41, 5.74) is 7.81. The lowest BCUT2D eigenvalue weighted by Gasteiger charge is -2.19. The summed E-state index contributed by atoms with van der Waals surface area (Å²) in [4.78, 5) is 0. The Hall–Kier alpha value is -1.60. The van der Waals surface area contributed by atoms with E-state index in [2.05, 4.69) is 64.1 Å². The minimum absolute atomic E-state index is 0.176. The SMILES string of the molecule is Cc1cccc(C(CO)Cc2c(C)cc(C)cc2C)c1. The van der Waals surface area contributed by atoms with Crippen molar-refractivity contribution in [1.82, 2.24) is 0 Å². The Morgan fingerprint density at radius 3 is 2.10 bits per heavy atom. The van der Waals surface area contributed by atoms with Gasteiger partial charge in [-0.2, -0.15) is 0 Å².